The van der Waals surface area contributed by atoms with E-state index in [4.69, 9.17) is 55.2 Å². The molecule has 92 heavy (non-hydrogen) atoms. The number of aliphatic hydroxyl groups is 2. The minimum absolute atomic E-state index is 0.0134. The molecule has 0 radical (unpaired) electrons. The first kappa shape index (κ1) is 68.1. The molecular formula is C64H73ClN8O19. The number of carbonyl (C=O) groups excluding carboxylic acids is 9. The van der Waals surface area contributed by atoms with Gasteiger partial charge < -0.3 is 85.7 Å². The van der Waals surface area contributed by atoms with Crippen LogP contribution in [0.2, 0.25) is 5.02 Å². The summed E-state index contributed by atoms with van der Waals surface area (Å²) in [7, 11) is 7.70. The third kappa shape index (κ3) is 14.8. The van der Waals surface area contributed by atoms with Crippen molar-refractivity contribution >= 4 is 65.0 Å². The summed E-state index contributed by atoms with van der Waals surface area (Å²) in [5, 5.41) is 39.9. The van der Waals surface area contributed by atoms with Gasteiger partial charge in [-0.05, 0) is 122 Å². The van der Waals surface area contributed by atoms with Gasteiger partial charge in [0.1, 0.15) is 82.8 Å². The molecule has 5 heterocycles. The maximum Gasteiger partial charge on any atom is 0.410 e. The van der Waals surface area contributed by atoms with Crippen LogP contribution < -0.4 is 66.1 Å². The number of nitrogens with two attached hydrogens (primary N) is 1. The van der Waals surface area contributed by atoms with Crippen LogP contribution in [0.15, 0.2) is 78.9 Å². The molecule has 0 saturated carbocycles. The van der Waals surface area contributed by atoms with Gasteiger partial charge in [-0.2, -0.15) is 0 Å². The monoisotopic (exact) mass is 1290 g/mol. The number of carbonyl (C=O) groups is 9. The summed E-state index contributed by atoms with van der Waals surface area (Å²) in [6.45, 7) is 10.1. The molecule has 11 bridgehead atoms. The number of methoxy groups -OCH3 is 5. The lowest BCUT2D eigenvalue weighted by Crippen LogP contribution is -2.59. The molecule has 0 aliphatic carbocycles. The fraction of sp³-hybridized carbons (Fsp3) is 0.391. The second-order valence-corrected chi connectivity index (χ2v) is 23.8. The smallest absolute Gasteiger partial charge is 0.410 e. The van der Waals surface area contributed by atoms with Crippen LogP contribution in [0, 0.1) is 12.8 Å². The van der Waals surface area contributed by atoms with Crippen LogP contribution in [-0.2, 0) is 47.8 Å². The van der Waals surface area contributed by atoms with Gasteiger partial charge in [-0.3, -0.25) is 38.5 Å². The zero-order valence-electron chi connectivity index (χ0n) is 52.4. The Morgan fingerprint density at radius 2 is 1.28 bits per heavy atom. The molecule has 5 aromatic carbocycles. The predicted octanol–water partition coefficient (Wildman–Crippen LogP) is 5.00. The number of primary amides is 1. The molecular weight excluding hydrogens is 1220 g/mol. The van der Waals surface area contributed by atoms with Crippen molar-refractivity contribution in [2.75, 3.05) is 42.6 Å². The lowest BCUT2D eigenvalue weighted by Gasteiger charge is -2.33. The van der Waals surface area contributed by atoms with Crippen molar-refractivity contribution in [2.45, 2.75) is 114 Å². The summed E-state index contributed by atoms with van der Waals surface area (Å²) in [5.74, 6) is -9.64. The first-order chi connectivity index (χ1) is 43.5. The van der Waals surface area contributed by atoms with Crippen LogP contribution in [0.3, 0.4) is 0 Å². The number of aliphatic hydroxyl groups excluding tert-OH is 2. The Balaban J connectivity index is 1.37. The Kier molecular flexibility index (Phi) is 20.8. The van der Waals surface area contributed by atoms with E-state index in [-0.39, 0.29) is 102 Å². The highest BCUT2D eigenvalue weighted by Gasteiger charge is 2.43. The molecule has 0 fully saturated rings. The summed E-state index contributed by atoms with van der Waals surface area (Å²) in [6.07, 6.45) is -5.73. The van der Waals surface area contributed by atoms with Gasteiger partial charge in [0.05, 0.1) is 47.0 Å². The van der Waals surface area contributed by atoms with Crippen LogP contribution in [-0.4, -0.2) is 141 Å². The molecule has 8 amide bonds. The number of likely N-dealkylation sites (N-methyl/N-ethyl adjacent to an activating group) is 1. The molecule has 28 heteroatoms. The molecule has 27 nitrogen and oxygen atoms in total. The molecule has 0 unspecified atom stereocenters. The first-order valence-electron chi connectivity index (χ1n) is 28.9. The van der Waals surface area contributed by atoms with E-state index < -0.39 is 120 Å². The van der Waals surface area contributed by atoms with Gasteiger partial charge in [0, 0.05) is 29.8 Å². The second-order valence-electron chi connectivity index (χ2n) is 23.4. The minimum Gasteiger partial charge on any atom is -0.497 e. The number of ether oxygens (including phenoxy) is 8. The SMILES string of the molecule is COC(=O)[C@H]1NC(=O)[C@H]2NC(=O)[C@H](NC(=O)[C@@H]3NC(=O)[C@H](CC(N)=O)NC(=O)[C@H](NC(=O)[C@@H](CC(C)C)N(C)C(=O)OC(C)(C)C)[C@H](O)c4ccc(c(C)c4)Oc4cc3cc(c4OC)Oc3ccc(cc3Cl)[C@H]2O)c2ccc(OC)c(c2)-c2c(OC)cc(OC)cc21. The fourth-order valence-electron chi connectivity index (χ4n) is 10.8. The Morgan fingerprint density at radius 3 is 1.87 bits per heavy atom. The van der Waals surface area contributed by atoms with Crippen molar-refractivity contribution in [3.63, 3.8) is 0 Å². The number of halogens is 1. The maximum absolute atomic E-state index is 15.8. The van der Waals surface area contributed by atoms with E-state index in [2.05, 4.69) is 31.9 Å². The van der Waals surface area contributed by atoms with Crippen molar-refractivity contribution in [3.8, 4) is 57.1 Å². The van der Waals surface area contributed by atoms with Crippen LogP contribution in [0.4, 0.5) is 4.79 Å². The zero-order valence-corrected chi connectivity index (χ0v) is 53.2. The van der Waals surface area contributed by atoms with Gasteiger partial charge in [0.2, 0.25) is 47.1 Å². The van der Waals surface area contributed by atoms with Crippen LogP contribution in [0.5, 0.6) is 46.0 Å². The molecule has 0 aromatic heterocycles. The zero-order chi connectivity index (χ0) is 67.4. The number of nitrogens with one attached hydrogen (secondary N) is 6. The highest BCUT2D eigenvalue weighted by Crippen LogP contribution is 2.48. The van der Waals surface area contributed by atoms with E-state index in [1.807, 2.05) is 0 Å². The van der Waals surface area contributed by atoms with Crippen molar-refractivity contribution in [1.29, 1.82) is 0 Å². The number of esters is 1. The van der Waals surface area contributed by atoms with E-state index in [1.165, 1.54) is 114 Å². The van der Waals surface area contributed by atoms with Crippen LogP contribution in [0.1, 0.15) is 111 Å². The predicted molar refractivity (Wildman–Crippen MR) is 329 cm³/mol. The lowest BCUT2D eigenvalue weighted by atomic mass is 9.89. The van der Waals surface area contributed by atoms with Gasteiger partial charge in [0.25, 0.3) is 0 Å². The molecule has 10 N–H and O–H groups in total. The standard InChI is InChI=1S/C64H73ClN8O19/c1-28(2)19-39(73(7)63(84)92-64(4,5)6)57(78)71-51-53(75)31-14-16-40(29(3)20-31)90-44-23-33-24-45(55(44)88-11)91-42-18-15-32(22-37(42)65)54(76)52-61(82)70-50(62(83)89-12)36-25-34(85-8)26-43(87-10)47(36)35-21-30(13-17-41(35)86-9)48(58(79)72-52)69-59(80)49(33)68-56(77)38(27-46(66)74)67-60(51)81/h13-18,20-26,28,38-39,48-54,75-76H,19,27H2,1-12H3,(H2,66,74)(H,67,81)(H,68,77)(H,69,80)(H,70,82)(H,71,78)(H,72,79)/t38-,39+,48+,49+,50-,51+,52-,53+,54+/m0/s1. The van der Waals surface area contributed by atoms with Gasteiger partial charge in [-0.1, -0.05) is 43.6 Å². The summed E-state index contributed by atoms with van der Waals surface area (Å²) < 4.78 is 47.1. The Morgan fingerprint density at radius 1 is 0.674 bits per heavy atom. The number of benzene rings is 5. The van der Waals surface area contributed by atoms with Gasteiger partial charge >= 0.3 is 12.1 Å². The second kappa shape index (κ2) is 28.1. The molecule has 490 valence electrons. The van der Waals surface area contributed by atoms with Crippen molar-refractivity contribution in [1.82, 2.24) is 36.8 Å². The number of fused-ring (bicyclic) bond motifs is 15. The van der Waals surface area contributed by atoms with E-state index in [1.54, 1.807) is 41.5 Å². The largest absolute Gasteiger partial charge is 0.497 e. The summed E-state index contributed by atoms with van der Waals surface area (Å²) in [5.41, 5.74) is 5.09. The van der Waals surface area contributed by atoms with Crippen molar-refractivity contribution < 1.29 is 91.3 Å². The Bertz CT molecular complexity index is 3740. The number of amides is 8. The molecule has 0 spiro atoms. The summed E-state index contributed by atoms with van der Waals surface area (Å²) in [6, 6.07) is 4.84. The summed E-state index contributed by atoms with van der Waals surface area (Å²) >= 11 is 6.97. The van der Waals surface area contributed by atoms with E-state index in [9.17, 15) is 34.2 Å². The normalized spacial score (nSPS) is 21.0. The molecule has 5 aromatic rings. The number of nitrogens with zero attached hydrogens (tertiary/aromatic N) is 1. The van der Waals surface area contributed by atoms with Gasteiger partial charge in [-0.15, -0.1) is 0 Å². The quantitative estimate of drug-likeness (QED) is 0.0742. The highest BCUT2D eigenvalue weighted by molar-refractivity contribution is 6.32. The average Bonchev–Trinajstić information content (AvgIpc) is 0.809. The van der Waals surface area contributed by atoms with E-state index in [0.717, 1.165) is 12.0 Å². The van der Waals surface area contributed by atoms with E-state index >= 15 is 19.2 Å². The topological polar surface area (TPSA) is 369 Å². The van der Waals surface area contributed by atoms with Gasteiger partial charge in [0.15, 0.2) is 17.5 Å². The van der Waals surface area contributed by atoms with Crippen molar-refractivity contribution in [2.24, 2.45) is 11.7 Å². The lowest BCUT2D eigenvalue weighted by molar-refractivity contribution is -0.146. The number of aryl methyl sites for hydroxylation is 1. The Hall–Kier alpha value is -9.86. The minimum atomic E-state index is -2.06. The third-order valence-electron chi connectivity index (χ3n) is 15.4. The van der Waals surface area contributed by atoms with Gasteiger partial charge in [-0.25, -0.2) is 9.59 Å². The molecule has 0 saturated heterocycles. The third-order valence-corrected chi connectivity index (χ3v) is 15.7. The summed E-state index contributed by atoms with van der Waals surface area (Å²) in [4.78, 5) is 133. The average molecular weight is 1290 g/mol. The molecule has 9 atom stereocenters. The Labute approximate surface area is 534 Å². The van der Waals surface area contributed by atoms with E-state index in [0.29, 0.717) is 5.56 Å². The molecule has 5 aliphatic rings. The maximum atomic E-state index is 15.8. The first-order valence-corrected chi connectivity index (χ1v) is 29.3. The van der Waals surface area contributed by atoms with Crippen molar-refractivity contribution in [3.05, 3.63) is 117 Å². The van der Waals surface area contributed by atoms with Crippen LogP contribution in [0.25, 0.3) is 11.1 Å². The number of hydrogen-bond acceptors (Lipinski definition) is 19. The number of rotatable bonds is 12. The molecule has 5 aliphatic heterocycles. The fourth-order valence-corrected chi connectivity index (χ4v) is 11.0. The highest BCUT2D eigenvalue weighted by atomic mass is 35.5. The molecule has 10 rings (SSSR count). The number of hydrogen-bond donors (Lipinski definition) is 9. The van der Waals surface area contributed by atoms with Crippen LogP contribution >= 0.6 is 11.6 Å².